The van der Waals surface area contributed by atoms with E-state index in [1.807, 2.05) is 22.9 Å². The van der Waals surface area contributed by atoms with E-state index >= 15 is 0 Å². The molecular formula is C27H33N5. The van der Waals surface area contributed by atoms with Crippen molar-refractivity contribution in [3.8, 4) is 17.3 Å². The second-order valence-electron chi connectivity index (χ2n) is 8.91. The van der Waals surface area contributed by atoms with Crippen molar-refractivity contribution in [1.82, 2.24) is 20.4 Å². The molecule has 0 aliphatic heterocycles. The molecule has 0 bridgehead atoms. The molecule has 1 saturated carbocycles. The van der Waals surface area contributed by atoms with E-state index in [2.05, 4.69) is 72.3 Å². The van der Waals surface area contributed by atoms with E-state index in [0.717, 1.165) is 24.3 Å². The van der Waals surface area contributed by atoms with Gasteiger partial charge in [-0.05, 0) is 25.3 Å². The van der Waals surface area contributed by atoms with Gasteiger partial charge in [-0.3, -0.25) is 4.68 Å². The molecule has 4 rings (SSSR count). The van der Waals surface area contributed by atoms with Gasteiger partial charge < -0.3 is 10.6 Å². The summed E-state index contributed by atoms with van der Waals surface area (Å²) in [4.78, 5) is 0. The van der Waals surface area contributed by atoms with Crippen LogP contribution in [0.4, 0.5) is 0 Å². The summed E-state index contributed by atoms with van der Waals surface area (Å²) in [6.45, 7) is 4.58. The SMILES string of the molecule is C[C@@H](NC1(CNCc2cn(CCC#N)nc2-c2ccccc2)CCCC1)c1ccccc1. The van der Waals surface area contributed by atoms with Gasteiger partial charge in [0.15, 0.2) is 0 Å². The van der Waals surface area contributed by atoms with E-state index in [-0.39, 0.29) is 5.54 Å². The van der Waals surface area contributed by atoms with Crippen LogP contribution in [0.25, 0.3) is 11.3 Å². The molecule has 5 nitrogen and oxygen atoms in total. The minimum Gasteiger partial charge on any atom is -0.311 e. The van der Waals surface area contributed by atoms with Crippen LogP contribution in [0.1, 0.15) is 56.2 Å². The third-order valence-electron chi connectivity index (χ3n) is 6.50. The summed E-state index contributed by atoms with van der Waals surface area (Å²) in [5, 5.41) is 21.4. The molecule has 0 amide bonds. The Hall–Kier alpha value is -2.94. The molecule has 1 aliphatic rings. The zero-order valence-corrected chi connectivity index (χ0v) is 18.9. The lowest BCUT2D eigenvalue weighted by Crippen LogP contribution is -2.51. The van der Waals surface area contributed by atoms with E-state index in [0.29, 0.717) is 19.0 Å². The number of aromatic nitrogens is 2. The van der Waals surface area contributed by atoms with Crippen LogP contribution in [0.2, 0.25) is 0 Å². The fourth-order valence-electron chi connectivity index (χ4n) is 4.85. The van der Waals surface area contributed by atoms with E-state index < -0.39 is 0 Å². The van der Waals surface area contributed by atoms with E-state index in [4.69, 9.17) is 10.4 Å². The van der Waals surface area contributed by atoms with Crippen LogP contribution in [-0.4, -0.2) is 21.9 Å². The maximum absolute atomic E-state index is 8.96. The Balaban J connectivity index is 1.45. The van der Waals surface area contributed by atoms with E-state index in [1.165, 1.54) is 36.8 Å². The summed E-state index contributed by atoms with van der Waals surface area (Å²) in [5.41, 5.74) is 4.76. The molecule has 32 heavy (non-hydrogen) atoms. The van der Waals surface area contributed by atoms with Crippen molar-refractivity contribution in [1.29, 1.82) is 5.26 Å². The largest absolute Gasteiger partial charge is 0.311 e. The van der Waals surface area contributed by atoms with Gasteiger partial charge in [0.25, 0.3) is 0 Å². The fourth-order valence-corrected chi connectivity index (χ4v) is 4.85. The third kappa shape index (κ3) is 5.45. The molecule has 0 spiro atoms. The van der Waals surface area contributed by atoms with Gasteiger partial charge in [-0.15, -0.1) is 0 Å². The summed E-state index contributed by atoms with van der Waals surface area (Å²) in [6.07, 6.45) is 7.50. The molecule has 1 aliphatic carbocycles. The average Bonchev–Trinajstić information content (AvgIpc) is 3.46. The smallest absolute Gasteiger partial charge is 0.0968 e. The molecule has 2 aromatic carbocycles. The minimum absolute atomic E-state index is 0.124. The average molecular weight is 428 g/mol. The summed E-state index contributed by atoms with van der Waals surface area (Å²) < 4.78 is 1.91. The van der Waals surface area contributed by atoms with Gasteiger partial charge in [0.1, 0.15) is 0 Å². The number of nitriles is 1. The molecule has 3 aromatic rings. The van der Waals surface area contributed by atoms with Crippen LogP contribution in [-0.2, 0) is 13.1 Å². The lowest BCUT2D eigenvalue weighted by molar-refractivity contribution is 0.284. The van der Waals surface area contributed by atoms with Crippen molar-refractivity contribution in [2.24, 2.45) is 0 Å². The minimum atomic E-state index is 0.124. The molecule has 5 heteroatoms. The standard InChI is InChI=1S/C27H33N5/c1-22(23-11-4-2-5-12-23)30-27(15-8-9-16-27)21-29-19-25-20-32(18-10-17-28)31-26(25)24-13-6-3-7-14-24/h2-7,11-14,20,22,29-30H,8-10,15-16,18-19,21H2,1H3/t22-/m1/s1. The summed E-state index contributed by atoms with van der Waals surface area (Å²) >= 11 is 0. The van der Waals surface area contributed by atoms with Crippen molar-refractivity contribution in [2.45, 2.75) is 63.7 Å². The predicted molar refractivity (Wildman–Crippen MR) is 129 cm³/mol. The van der Waals surface area contributed by atoms with E-state index in [1.54, 1.807) is 0 Å². The highest BCUT2D eigenvalue weighted by Crippen LogP contribution is 2.32. The highest BCUT2D eigenvalue weighted by atomic mass is 15.3. The van der Waals surface area contributed by atoms with Crippen LogP contribution >= 0.6 is 0 Å². The maximum Gasteiger partial charge on any atom is 0.0968 e. The Morgan fingerprint density at radius 3 is 2.44 bits per heavy atom. The Morgan fingerprint density at radius 1 is 1.06 bits per heavy atom. The monoisotopic (exact) mass is 427 g/mol. The lowest BCUT2D eigenvalue weighted by atomic mass is 9.94. The van der Waals surface area contributed by atoms with Gasteiger partial charge in [0.05, 0.1) is 24.7 Å². The van der Waals surface area contributed by atoms with Crippen molar-refractivity contribution in [2.75, 3.05) is 6.54 Å². The molecule has 0 unspecified atom stereocenters. The van der Waals surface area contributed by atoms with Crippen LogP contribution in [0.15, 0.2) is 66.9 Å². The number of rotatable bonds is 10. The van der Waals surface area contributed by atoms with Gasteiger partial charge in [-0.2, -0.15) is 10.4 Å². The normalized spacial score (nSPS) is 16.0. The number of nitrogens with zero attached hydrogens (tertiary/aromatic N) is 3. The van der Waals surface area contributed by atoms with Gasteiger partial charge in [0.2, 0.25) is 0 Å². The van der Waals surface area contributed by atoms with Crippen molar-refractivity contribution in [3.05, 3.63) is 78.0 Å². The van der Waals surface area contributed by atoms with Crippen LogP contribution in [0.5, 0.6) is 0 Å². The van der Waals surface area contributed by atoms with Gasteiger partial charge in [0, 0.05) is 42.0 Å². The molecule has 166 valence electrons. The molecule has 1 heterocycles. The number of aryl methyl sites for hydroxylation is 1. The summed E-state index contributed by atoms with van der Waals surface area (Å²) in [6, 6.07) is 23.6. The first-order valence-electron chi connectivity index (χ1n) is 11.7. The Labute approximate surface area is 191 Å². The molecule has 1 fully saturated rings. The summed E-state index contributed by atoms with van der Waals surface area (Å²) in [7, 11) is 0. The number of benzene rings is 2. The first-order valence-corrected chi connectivity index (χ1v) is 11.7. The number of hydrogen-bond acceptors (Lipinski definition) is 4. The second kappa shape index (κ2) is 10.6. The van der Waals surface area contributed by atoms with Crippen molar-refractivity contribution < 1.29 is 0 Å². The first-order chi connectivity index (χ1) is 15.7. The molecule has 0 saturated heterocycles. The summed E-state index contributed by atoms with van der Waals surface area (Å²) in [5.74, 6) is 0. The Kier molecular flexibility index (Phi) is 7.36. The highest BCUT2D eigenvalue weighted by Gasteiger charge is 2.34. The van der Waals surface area contributed by atoms with Crippen LogP contribution < -0.4 is 10.6 Å². The molecule has 1 aromatic heterocycles. The van der Waals surface area contributed by atoms with Gasteiger partial charge >= 0.3 is 0 Å². The maximum atomic E-state index is 8.96. The second-order valence-corrected chi connectivity index (χ2v) is 8.91. The first kappa shape index (κ1) is 22.3. The third-order valence-corrected chi connectivity index (χ3v) is 6.50. The Bertz CT molecular complexity index is 1010. The van der Waals surface area contributed by atoms with Gasteiger partial charge in [-0.25, -0.2) is 0 Å². The lowest BCUT2D eigenvalue weighted by Gasteiger charge is -2.34. The molecule has 0 radical (unpaired) electrons. The number of nitrogens with one attached hydrogen (secondary N) is 2. The zero-order valence-electron chi connectivity index (χ0n) is 18.9. The van der Waals surface area contributed by atoms with Crippen LogP contribution in [0, 0.1) is 11.3 Å². The van der Waals surface area contributed by atoms with E-state index in [9.17, 15) is 0 Å². The Morgan fingerprint density at radius 2 is 1.75 bits per heavy atom. The predicted octanol–water partition coefficient (Wildman–Crippen LogP) is 5.22. The number of hydrogen-bond donors (Lipinski definition) is 2. The molecule has 1 atom stereocenters. The fraction of sp³-hybridized carbons (Fsp3) is 0.407. The molecule has 2 N–H and O–H groups in total. The van der Waals surface area contributed by atoms with Crippen LogP contribution in [0.3, 0.4) is 0 Å². The van der Waals surface area contributed by atoms with Crippen molar-refractivity contribution in [3.63, 3.8) is 0 Å². The quantitative estimate of drug-likeness (QED) is 0.466. The highest BCUT2D eigenvalue weighted by molar-refractivity contribution is 5.62. The molecular weight excluding hydrogens is 394 g/mol. The van der Waals surface area contributed by atoms with Crippen molar-refractivity contribution >= 4 is 0 Å². The van der Waals surface area contributed by atoms with Gasteiger partial charge in [-0.1, -0.05) is 73.5 Å². The zero-order chi connectivity index (χ0) is 22.2. The topological polar surface area (TPSA) is 65.7 Å².